The Kier molecular flexibility index (Phi) is 6.16. The van der Waals surface area contributed by atoms with Crippen molar-refractivity contribution in [2.75, 3.05) is 13.1 Å². The molecule has 1 aromatic rings. The van der Waals surface area contributed by atoms with E-state index >= 15 is 0 Å². The number of aliphatic hydroxyl groups excluding tert-OH is 1. The third-order valence-electron chi connectivity index (χ3n) is 4.35. The SMILES string of the molecule is CCCC(O)CNC(=O)CC1c2ccccc2CCN1C(C)=O. The van der Waals surface area contributed by atoms with E-state index in [-0.39, 0.29) is 30.8 Å². The second-order valence-electron chi connectivity index (χ2n) is 6.13. The third-order valence-corrected chi connectivity index (χ3v) is 4.35. The van der Waals surface area contributed by atoms with Crippen LogP contribution >= 0.6 is 0 Å². The van der Waals surface area contributed by atoms with Crippen molar-refractivity contribution in [2.45, 2.75) is 51.7 Å². The number of amides is 2. The number of nitrogens with one attached hydrogen (secondary N) is 1. The van der Waals surface area contributed by atoms with Crippen molar-refractivity contribution in [3.8, 4) is 0 Å². The highest BCUT2D eigenvalue weighted by molar-refractivity contribution is 5.79. The van der Waals surface area contributed by atoms with E-state index in [9.17, 15) is 14.7 Å². The van der Waals surface area contributed by atoms with Crippen LogP contribution in [0.4, 0.5) is 0 Å². The molecule has 0 aromatic heterocycles. The van der Waals surface area contributed by atoms with Crippen LogP contribution in [0.1, 0.15) is 50.3 Å². The van der Waals surface area contributed by atoms with Crippen molar-refractivity contribution < 1.29 is 14.7 Å². The summed E-state index contributed by atoms with van der Waals surface area (Å²) >= 11 is 0. The van der Waals surface area contributed by atoms with E-state index in [4.69, 9.17) is 0 Å². The molecule has 2 unspecified atom stereocenters. The largest absolute Gasteiger partial charge is 0.391 e. The number of fused-ring (bicyclic) bond motifs is 1. The summed E-state index contributed by atoms with van der Waals surface area (Å²) in [6, 6.07) is 7.76. The van der Waals surface area contributed by atoms with Gasteiger partial charge in [-0.2, -0.15) is 0 Å². The molecule has 0 saturated heterocycles. The van der Waals surface area contributed by atoms with Crippen LogP contribution in [0.25, 0.3) is 0 Å². The van der Waals surface area contributed by atoms with Crippen LogP contribution in [0.5, 0.6) is 0 Å². The molecule has 0 bridgehead atoms. The fourth-order valence-electron chi connectivity index (χ4n) is 3.16. The Bertz CT molecular complexity index is 559. The summed E-state index contributed by atoms with van der Waals surface area (Å²) < 4.78 is 0. The molecule has 2 atom stereocenters. The molecule has 0 fully saturated rings. The van der Waals surface area contributed by atoms with E-state index < -0.39 is 6.10 Å². The summed E-state index contributed by atoms with van der Waals surface area (Å²) in [5, 5.41) is 12.5. The van der Waals surface area contributed by atoms with Crippen LogP contribution in [0.15, 0.2) is 24.3 Å². The molecule has 1 aromatic carbocycles. The Hall–Kier alpha value is -1.88. The van der Waals surface area contributed by atoms with Gasteiger partial charge in [-0.05, 0) is 24.0 Å². The van der Waals surface area contributed by atoms with E-state index in [1.54, 1.807) is 11.8 Å². The fourth-order valence-corrected chi connectivity index (χ4v) is 3.16. The zero-order valence-electron chi connectivity index (χ0n) is 13.9. The maximum absolute atomic E-state index is 12.2. The molecule has 0 radical (unpaired) electrons. The van der Waals surface area contributed by atoms with Gasteiger partial charge in [-0.1, -0.05) is 37.6 Å². The summed E-state index contributed by atoms with van der Waals surface area (Å²) in [5.41, 5.74) is 2.26. The van der Waals surface area contributed by atoms with Gasteiger partial charge in [0.15, 0.2) is 0 Å². The molecule has 1 aliphatic rings. The average Bonchev–Trinajstić information content (AvgIpc) is 2.53. The number of hydrogen-bond acceptors (Lipinski definition) is 3. The number of carbonyl (C=O) groups excluding carboxylic acids is 2. The van der Waals surface area contributed by atoms with Gasteiger partial charge >= 0.3 is 0 Å². The molecule has 5 heteroatoms. The number of nitrogens with zero attached hydrogens (tertiary/aromatic N) is 1. The van der Waals surface area contributed by atoms with Crippen LogP contribution in [0, 0.1) is 0 Å². The molecule has 126 valence electrons. The van der Waals surface area contributed by atoms with Gasteiger partial charge in [-0.3, -0.25) is 9.59 Å². The van der Waals surface area contributed by atoms with Crippen LogP contribution in [0.2, 0.25) is 0 Å². The Morgan fingerprint density at radius 3 is 2.83 bits per heavy atom. The summed E-state index contributed by atoms with van der Waals surface area (Å²) in [5.74, 6) is -0.142. The zero-order chi connectivity index (χ0) is 16.8. The predicted octanol–water partition coefficient (Wildman–Crippen LogP) is 1.80. The minimum Gasteiger partial charge on any atom is -0.391 e. The van der Waals surface area contributed by atoms with Crippen molar-refractivity contribution in [2.24, 2.45) is 0 Å². The van der Waals surface area contributed by atoms with E-state index in [0.717, 1.165) is 18.4 Å². The normalized spacial score (nSPS) is 18.2. The molecule has 1 heterocycles. The second kappa shape index (κ2) is 8.11. The molecule has 23 heavy (non-hydrogen) atoms. The Labute approximate surface area is 137 Å². The van der Waals surface area contributed by atoms with Crippen LogP contribution in [0.3, 0.4) is 0 Å². The first-order chi connectivity index (χ1) is 11.0. The van der Waals surface area contributed by atoms with Crippen molar-refractivity contribution in [3.05, 3.63) is 35.4 Å². The minimum absolute atomic E-state index is 0.0108. The van der Waals surface area contributed by atoms with E-state index in [1.165, 1.54) is 5.56 Å². The highest BCUT2D eigenvalue weighted by Gasteiger charge is 2.30. The molecular formula is C18H26N2O3. The van der Waals surface area contributed by atoms with Crippen molar-refractivity contribution >= 4 is 11.8 Å². The topological polar surface area (TPSA) is 69.6 Å². The maximum Gasteiger partial charge on any atom is 0.222 e. The summed E-state index contributed by atoms with van der Waals surface area (Å²) in [6.45, 7) is 4.45. The molecule has 2 rings (SSSR count). The highest BCUT2D eigenvalue weighted by atomic mass is 16.3. The fraction of sp³-hybridized carbons (Fsp3) is 0.556. The lowest BCUT2D eigenvalue weighted by molar-refractivity contribution is -0.133. The van der Waals surface area contributed by atoms with Crippen LogP contribution < -0.4 is 5.32 Å². The Morgan fingerprint density at radius 2 is 2.13 bits per heavy atom. The zero-order valence-corrected chi connectivity index (χ0v) is 13.9. The second-order valence-corrected chi connectivity index (χ2v) is 6.13. The van der Waals surface area contributed by atoms with Gasteiger partial charge < -0.3 is 15.3 Å². The van der Waals surface area contributed by atoms with Gasteiger partial charge in [-0.15, -0.1) is 0 Å². The monoisotopic (exact) mass is 318 g/mol. The third kappa shape index (κ3) is 4.55. The van der Waals surface area contributed by atoms with E-state index in [0.29, 0.717) is 13.0 Å². The first-order valence-corrected chi connectivity index (χ1v) is 8.32. The van der Waals surface area contributed by atoms with E-state index in [1.807, 2.05) is 25.1 Å². The lowest BCUT2D eigenvalue weighted by Gasteiger charge is -2.36. The molecular weight excluding hydrogens is 292 g/mol. The number of hydrogen-bond donors (Lipinski definition) is 2. The van der Waals surface area contributed by atoms with Gasteiger partial charge in [0.25, 0.3) is 0 Å². The highest BCUT2D eigenvalue weighted by Crippen LogP contribution is 2.32. The molecule has 0 spiro atoms. The van der Waals surface area contributed by atoms with E-state index in [2.05, 4.69) is 11.4 Å². The van der Waals surface area contributed by atoms with Gasteiger partial charge in [-0.25, -0.2) is 0 Å². The number of rotatable bonds is 6. The first-order valence-electron chi connectivity index (χ1n) is 8.32. The van der Waals surface area contributed by atoms with Crippen LogP contribution in [-0.4, -0.2) is 41.0 Å². The van der Waals surface area contributed by atoms with Crippen molar-refractivity contribution in [3.63, 3.8) is 0 Å². The Morgan fingerprint density at radius 1 is 1.39 bits per heavy atom. The summed E-state index contributed by atoms with van der Waals surface area (Å²) in [7, 11) is 0. The molecule has 5 nitrogen and oxygen atoms in total. The van der Waals surface area contributed by atoms with Gasteiger partial charge in [0, 0.05) is 20.0 Å². The summed E-state index contributed by atoms with van der Waals surface area (Å²) in [4.78, 5) is 25.9. The maximum atomic E-state index is 12.2. The average molecular weight is 318 g/mol. The predicted molar refractivity (Wildman–Crippen MR) is 88.8 cm³/mol. The van der Waals surface area contributed by atoms with Crippen molar-refractivity contribution in [1.29, 1.82) is 0 Å². The first kappa shape index (κ1) is 17.5. The Balaban J connectivity index is 2.05. The van der Waals surface area contributed by atoms with Crippen LogP contribution in [-0.2, 0) is 16.0 Å². The molecule has 0 aliphatic carbocycles. The van der Waals surface area contributed by atoms with Crippen molar-refractivity contribution in [1.82, 2.24) is 10.2 Å². The smallest absolute Gasteiger partial charge is 0.222 e. The quantitative estimate of drug-likeness (QED) is 0.840. The minimum atomic E-state index is -0.508. The molecule has 2 N–H and O–H groups in total. The number of carbonyl (C=O) groups is 2. The summed E-state index contributed by atoms with van der Waals surface area (Å²) in [6.07, 6.45) is 2.10. The lowest BCUT2D eigenvalue weighted by atomic mass is 9.90. The standard InChI is InChI=1S/C18H26N2O3/c1-3-6-15(22)12-19-18(23)11-17-16-8-5-4-7-14(16)9-10-20(17)13(2)21/h4-5,7-8,15,17,22H,3,6,9-12H2,1-2H3,(H,19,23). The molecule has 0 saturated carbocycles. The number of benzene rings is 1. The number of aliphatic hydroxyl groups is 1. The lowest BCUT2D eigenvalue weighted by Crippen LogP contribution is -2.42. The molecule has 1 aliphatic heterocycles. The van der Waals surface area contributed by atoms with Gasteiger partial charge in [0.1, 0.15) is 0 Å². The van der Waals surface area contributed by atoms with Gasteiger partial charge in [0.2, 0.25) is 11.8 Å². The molecule has 2 amide bonds. The van der Waals surface area contributed by atoms with Gasteiger partial charge in [0.05, 0.1) is 18.6 Å².